The zero-order valence-electron chi connectivity index (χ0n) is 18.2. The largest absolute Gasteiger partial charge is 0.366 e. The summed E-state index contributed by atoms with van der Waals surface area (Å²) in [5, 5.41) is 3.09. The quantitative estimate of drug-likeness (QED) is 0.508. The molecular weight excluding hydrogens is 462 g/mol. The first-order chi connectivity index (χ1) is 15.6. The van der Waals surface area contributed by atoms with Crippen molar-refractivity contribution in [1.82, 2.24) is 5.32 Å². The van der Waals surface area contributed by atoms with E-state index in [1.54, 1.807) is 61.5 Å². The van der Waals surface area contributed by atoms with Gasteiger partial charge < -0.3 is 11.1 Å². The molecule has 0 bridgehead atoms. The Labute approximate surface area is 198 Å². The Morgan fingerprint density at radius 2 is 1.67 bits per heavy atom. The van der Waals surface area contributed by atoms with Crippen LogP contribution >= 0.6 is 11.6 Å². The molecule has 0 fully saturated rings. The van der Waals surface area contributed by atoms with E-state index in [0.29, 0.717) is 27.4 Å². The number of nitrogens with two attached hydrogens (primary N) is 1. The van der Waals surface area contributed by atoms with Crippen LogP contribution in [0.2, 0.25) is 5.02 Å². The molecule has 9 heteroatoms. The number of nitrogens with zero attached hydrogens (tertiary/aromatic N) is 1. The van der Waals surface area contributed by atoms with Crippen molar-refractivity contribution in [1.29, 1.82) is 0 Å². The minimum Gasteiger partial charge on any atom is -0.366 e. The number of nitrogens with one attached hydrogen (secondary N) is 1. The first-order valence-corrected chi connectivity index (χ1v) is 11.9. The molecule has 0 atom stereocenters. The fraction of sp³-hybridized carbons (Fsp3) is 0.167. The maximum Gasteiger partial charge on any atom is 0.264 e. The highest BCUT2D eigenvalue weighted by atomic mass is 35.5. The Morgan fingerprint density at radius 3 is 2.33 bits per heavy atom. The summed E-state index contributed by atoms with van der Waals surface area (Å²) in [5.74, 6) is -1.09. The van der Waals surface area contributed by atoms with Crippen molar-refractivity contribution in [2.75, 3.05) is 10.8 Å². The third kappa shape index (κ3) is 5.71. The number of benzene rings is 3. The van der Waals surface area contributed by atoms with Gasteiger partial charge in [-0.1, -0.05) is 47.5 Å². The van der Waals surface area contributed by atoms with Crippen LogP contribution in [0.25, 0.3) is 0 Å². The van der Waals surface area contributed by atoms with Crippen LogP contribution in [0.1, 0.15) is 27.0 Å². The van der Waals surface area contributed by atoms with Gasteiger partial charge >= 0.3 is 0 Å². The van der Waals surface area contributed by atoms with Gasteiger partial charge in [0.15, 0.2) is 0 Å². The molecule has 3 aromatic rings. The van der Waals surface area contributed by atoms with Crippen molar-refractivity contribution in [3.8, 4) is 0 Å². The van der Waals surface area contributed by atoms with Gasteiger partial charge in [-0.3, -0.25) is 13.9 Å². The number of anilines is 1. The Bertz CT molecular complexity index is 1290. The summed E-state index contributed by atoms with van der Waals surface area (Å²) >= 11 is 6.23. The predicted molar refractivity (Wildman–Crippen MR) is 129 cm³/mol. The highest BCUT2D eigenvalue weighted by Gasteiger charge is 2.28. The number of rotatable bonds is 8. The molecule has 33 heavy (non-hydrogen) atoms. The Kier molecular flexibility index (Phi) is 7.40. The number of amides is 2. The lowest BCUT2D eigenvalue weighted by Crippen LogP contribution is -2.41. The van der Waals surface area contributed by atoms with E-state index in [9.17, 15) is 18.0 Å². The van der Waals surface area contributed by atoms with Crippen LogP contribution in [0.15, 0.2) is 71.6 Å². The fourth-order valence-electron chi connectivity index (χ4n) is 3.22. The number of halogens is 1. The molecule has 0 aliphatic carbocycles. The summed E-state index contributed by atoms with van der Waals surface area (Å²) in [4.78, 5) is 24.2. The number of hydrogen-bond acceptors (Lipinski definition) is 4. The minimum absolute atomic E-state index is 0.0643. The van der Waals surface area contributed by atoms with E-state index in [2.05, 4.69) is 5.32 Å². The molecule has 2 amide bonds. The van der Waals surface area contributed by atoms with Crippen molar-refractivity contribution in [3.05, 3.63) is 94.0 Å². The molecule has 0 aliphatic heterocycles. The van der Waals surface area contributed by atoms with Crippen molar-refractivity contribution >= 4 is 39.1 Å². The Hall–Kier alpha value is -3.36. The fourth-order valence-corrected chi connectivity index (χ4v) is 4.87. The molecule has 3 N–H and O–H groups in total. The highest BCUT2D eigenvalue weighted by molar-refractivity contribution is 7.92. The lowest BCUT2D eigenvalue weighted by Gasteiger charge is -2.26. The highest BCUT2D eigenvalue weighted by Crippen LogP contribution is 2.30. The van der Waals surface area contributed by atoms with Crippen LogP contribution < -0.4 is 15.4 Å². The molecule has 3 aromatic carbocycles. The summed E-state index contributed by atoms with van der Waals surface area (Å²) in [6.45, 7) is 3.21. The van der Waals surface area contributed by atoms with E-state index in [4.69, 9.17) is 17.3 Å². The number of aryl methyl sites for hydroxylation is 1. The molecule has 172 valence electrons. The van der Waals surface area contributed by atoms with E-state index in [1.807, 2.05) is 6.92 Å². The monoisotopic (exact) mass is 485 g/mol. The summed E-state index contributed by atoms with van der Waals surface area (Å²) < 4.78 is 28.0. The van der Waals surface area contributed by atoms with Crippen LogP contribution in [0.3, 0.4) is 0 Å². The van der Waals surface area contributed by atoms with Gasteiger partial charge in [0.1, 0.15) is 6.54 Å². The number of sulfonamides is 1. The number of hydrogen-bond donors (Lipinski definition) is 2. The first kappa shape index (κ1) is 24.3. The number of carbonyl (C=O) groups excluding carboxylic acids is 2. The lowest BCUT2D eigenvalue weighted by molar-refractivity contribution is -0.119. The van der Waals surface area contributed by atoms with Crippen molar-refractivity contribution in [2.45, 2.75) is 25.3 Å². The second-order valence-corrected chi connectivity index (χ2v) is 9.82. The maximum absolute atomic E-state index is 13.5. The van der Waals surface area contributed by atoms with Gasteiger partial charge in [0.25, 0.3) is 10.0 Å². The van der Waals surface area contributed by atoms with Gasteiger partial charge in [0.2, 0.25) is 11.8 Å². The summed E-state index contributed by atoms with van der Waals surface area (Å²) in [5.41, 5.74) is 8.04. The van der Waals surface area contributed by atoms with E-state index in [0.717, 1.165) is 9.87 Å². The van der Waals surface area contributed by atoms with E-state index in [-0.39, 0.29) is 11.4 Å². The number of carbonyl (C=O) groups is 2. The molecule has 0 saturated heterocycles. The van der Waals surface area contributed by atoms with Gasteiger partial charge in [-0.2, -0.15) is 0 Å². The van der Waals surface area contributed by atoms with E-state index < -0.39 is 28.4 Å². The molecule has 0 unspecified atom stereocenters. The average molecular weight is 486 g/mol. The average Bonchev–Trinajstić information content (AvgIpc) is 2.78. The molecule has 0 aliphatic rings. The van der Waals surface area contributed by atoms with Crippen LogP contribution in [-0.2, 0) is 21.4 Å². The zero-order chi connectivity index (χ0) is 24.2. The van der Waals surface area contributed by atoms with Gasteiger partial charge in [-0.05, 0) is 61.4 Å². The molecule has 0 aromatic heterocycles. The van der Waals surface area contributed by atoms with E-state index in [1.165, 1.54) is 12.1 Å². The second-order valence-electron chi connectivity index (χ2n) is 7.55. The topological polar surface area (TPSA) is 110 Å². The Morgan fingerprint density at radius 1 is 1.00 bits per heavy atom. The minimum atomic E-state index is -4.05. The molecule has 0 saturated carbocycles. The Balaban J connectivity index is 1.89. The summed E-state index contributed by atoms with van der Waals surface area (Å²) in [6, 6.07) is 17.8. The number of primary amides is 1. The van der Waals surface area contributed by atoms with Gasteiger partial charge in [0.05, 0.1) is 10.6 Å². The maximum atomic E-state index is 13.5. The van der Waals surface area contributed by atoms with Crippen LogP contribution in [0.5, 0.6) is 0 Å². The van der Waals surface area contributed by atoms with Gasteiger partial charge in [-0.15, -0.1) is 0 Å². The first-order valence-electron chi connectivity index (χ1n) is 10.1. The normalized spacial score (nSPS) is 11.1. The van der Waals surface area contributed by atoms with Gasteiger partial charge in [0, 0.05) is 17.1 Å². The molecule has 7 nitrogen and oxygen atoms in total. The molecule has 3 rings (SSSR count). The lowest BCUT2D eigenvalue weighted by atomic mass is 10.1. The molecule has 0 heterocycles. The third-order valence-corrected chi connectivity index (χ3v) is 7.29. The summed E-state index contributed by atoms with van der Waals surface area (Å²) in [6.07, 6.45) is 0. The van der Waals surface area contributed by atoms with Gasteiger partial charge in [-0.25, -0.2) is 8.42 Å². The molecule has 0 spiro atoms. The van der Waals surface area contributed by atoms with Crippen LogP contribution in [-0.4, -0.2) is 26.8 Å². The third-order valence-electron chi connectivity index (χ3n) is 5.11. The molecule has 0 radical (unpaired) electrons. The van der Waals surface area contributed by atoms with Crippen LogP contribution in [0, 0.1) is 13.8 Å². The van der Waals surface area contributed by atoms with Crippen molar-refractivity contribution in [2.24, 2.45) is 5.73 Å². The molecular formula is C24H24ClN3O4S. The second kappa shape index (κ2) is 10.1. The van der Waals surface area contributed by atoms with Crippen molar-refractivity contribution in [3.63, 3.8) is 0 Å². The SMILES string of the molecule is Cc1ccc(S(=O)(=O)N(CC(=O)NCc2cccc(C(N)=O)c2)c2cccc(Cl)c2C)cc1. The predicted octanol–water partition coefficient (Wildman–Crippen LogP) is 3.57. The van der Waals surface area contributed by atoms with Crippen molar-refractivity contribution < 1.29 is 18.0 Å². The summed E-state index contributed by atoms with van der Waals surface area (Å²) in [7, 11) is -4.05. The standard InChI is InChI=1S/C24H24ClN3O4S/c1-16-9-11-20(12-10-16)33(31,32)28(22-8-4-7-21(25)17(22)2)15-23(29)27-14-18-5-3-6-19(13-18)24(26)30/h3-13H,14-15H2,1-2H3,(H2,26,30)(H,27,29). The van der Waals surface area contributed by atoms with E-state index >= 15 is 0 Å². The zero-order valence-corrected chi connectivity index (χ0v) is 19.8. The van der Waals surface area contributed by atoms with Crippen LogP contribution in [0.4, 0.5) is 5.69 Å². The smallest absolute Gasteiger partial charge is 0.264 e.